The van der Waals surface area contributed by atoms with E-state index in [1.54, 1.807) is 23.9 Å². The average molecular weight is 288 g/mol. The van der Waals surface area contributed by atoms with Crippen LogP contribution in [0.2, 0.25) is 0 Å². The van der Waals surface area contributed by atoms with Crippen molar-refractivity contribution in [1.29, 1.82) is 0 Å². The summed E-state index contributed by atoms with van der Waals surface area (Å²) in [7, 11) is 1.29. The van der Waals surface area contributed by atoms with Gasteiger partial charge in [0.15, 0.2) is 0 Å². The van der Waals surface area contributed by atoms with Crippen LogP contribution in [0.25, 0.3) is 0 Å². The summed E-state index contributed by atoms with van der Waals surface area (Å²) in [6.45, 7) is 0. The molecule has 0 N–H and O–H groups in total. The monoisotopic (exact) mass is 288 g/mol. The van der Waals surface area contributed by atoms with Crippen LogP contribution in [0.1, 0.15) is 5.56 Å². The Morgan fingerprint density at radius 2 is 1.75 bits per heavy atom. The number of carbonyl (C=O) groups is 1. The van der Waals surface area contributed by atoms with E-state index in [-0.39, 0.29) is 0 Å². The summed E-state index contributed by atoms with van der Waals surface area (Å²) in [5, 5.41) is 0. The smallest absolute Gasteiger partial charge is 0.437 e. The lowest BCUT2D eigenvalue weighted by atomic mass is 10.2. The van der Waals surface area contributed by atoms with E-state index in [1.807, 2.05) is 18.2 Å². The van der Waals surface area contributed by atoms with Crippen molar-refractivity contribution in [2.24, 2.45) is 0 Å². The van der Waals surface area contributed by atoms with E-state index < -0.39 is 6.16 Å². The molecule has 0 aliphatic carbocycles. The van der Waals surface area contributed by atoms with Crippen LogP contribution in [0.15, 0.2) is 59.5 Å². The van der Waals surface area contributed by atoms with E-state index in [0.29, 0.717) is 5.75 Å². The maximum Gasteiger partial charge on any atom is 0.513 e. The van der Waals surface area contributed by atoms with Crippen molar-refractivity contribution < 1.29 is 14.3 Å². The van der Waals surface area contributed by atoms with Gasteiger partial charge in [-0.1, -0.05) is 30.3 Å². The highest BCUT2D eigenvalue weighted by molar-refractivity contribution is 7.99. The third-order valence-electron chi connectivity index (χ3n) is 2.69. The molecule has 0 fully saturated rings. The highest BCUT2D eigenvalue weighted by Crippen LogP contribution is 2.22. The van der Waals surface area contributed by atoms with Crippen molar-refractivity contribution in [3.63, 3.8) is 0 Å². The Morgan fingerprint density at radius 3 is 2.40 bits per heavy atom. The lowest BCUT2D eigenvalue weighted by molar-refractivity contribution is 0.121. The maximum atomic E-state index is 10.9. The molecule has 0 unspecified atom stereocenters. The van der Waals surface area contributed by atoms with Crippen molar-refractivity contribution >= 4 is 17.9 Å². The zero-order valence-corrected chi connectivity index (χ0v) is 12.1. The topological polar surface area (TPSA) is 35.5 Å². The first kappa shape index (κ1) is 14.5. The zero-order valence-electron chi connectivity index (χ0n) is 11.2. The van der Waals surface area contributed by atoms with E-state index in [0.717, 1.165) is 17.1 Å². The SMILES string of the molecule is COC(=O)Oc1ccc(SCCc2ccccc2)cc1. The van der Waals surface area contributed by atoms with Gasteiger partial charge in [0.05, 0.1) is 7.11 Å². The third-order valence-corrected chi connectivity index (χ3v) is 3.71. The van der Waals surface area contributed by atoms with Crippen molar-refractivity contribution in [1.82, 2.24) is 0 Å². The largest absolute Gasteiger partial charge is 0.513 e. The molecule has 0 bridgehead atoms. The second-order valence-corrected chi connectivity index (χ2v) is 5.28. The molecular formula is C16H16O3S. The van der Waals surface area contributed by atoms with Crippen molar-refractivity contribution in [2.45, 2.75) is 11.3 Å². The molecular weight excluding hydrogens is 272 g/mol. The van der Waals surface area contributed by atoms with Gasteiger partial charge < -0.3 is 9.47 Å². The molecule has 104 valence electrons. The number of hydrogen-bond donors (Lipinski definition) is 0. The molecule has 0 atom stereocenters. The number of thioether (sulfide) groups is 1. The van der Waals surface area contributed by atoms with Crippen molar-refractivity contribution in [3.05, 3.63) is 60.2 Å². The fourth-order valence-corrected chi connectivity index (χ4v) is 2.58. The normalized spacial score (nSPS) is 10.1. The minimum absolute atomic E-state index is 0.490. The van der Waals surface area contributed by atoms with Crippen LogP contribution in [0.5, 0.6) is 5.75 Å². The number of benzene rings is 2. The Balaban J connectivity index is 1.80. The number of ether oxygens (including phenoxy) is 2. The molecule has 0 saturated heterocycles. The number of aryl methyl sites for hydroxylation is 1. The van der Waals surface area contributed by atoms with E-state index in [2.05, 4.69) is 29.0 Å². The summed E-state index contributed by atoms with van der Waals surface area (Å²) in [4.78, 5) is 12.1. The van der Waals surface area contributed by atoms with Crippen molar-refractivity contribution in [2.75, 3.05) is 12.9 Å². The third kappa shape index (κ3) is 4.63. The van der Waals surface area contributed by atoms with E-state index in [1.165, 1.54) is 12.7 Å². The van der Waals surface area contributed by atoms with Crippen LogP contribution in [-0.2, 0) is 11.2 Å². The molecule has 0 radical (unpaired) electrons. The molecule has 2 aromatic rings. The minimum Gasteiger partial charge on any atom is -0.437 e. The summed E-state index contributed by atoms with van der Waals surface area (Å²) in [5.41, 5.74) is 1.34. The number of carbonyl (C=O) groups excluding carboxylic acids is 1. The summed E-state index contributed by atoms with van der Waals surface area (Å²) in [5.74, 6) is 1.51. The van der Waals surface area contributed by atoms with E-state index >= 15 is 0 Å². The molecule has 0 aliphatic rings. The highest BCUT2D eigenvalue weighted by Gasteiger charge is 2.03. The molecule has 0 aromatic heterocycles. The molecule has 20 heavy (non-hydrogen) atoms. The van der Waals surface area contributed by atoms with Gasteiger partial charge in [-0.25, -0.2) is 4.79 Å². The summed E-state index contributed by atoms with van der Waals surface area (Å²) < 4.78 is 9.35. The number of hydrogen-bond acceptors (Lipinski definition) is 4. The fraction of sp³-hybridized carbons (Fsp3) is 0.188. The molecule has 4 heteroatoms. The molecule has 0 heterocycles. The van der Waals surface area contributed by atoms with Gasteiger partial charge in [-0.3, -0.25) is 0 Å². The Morgan fingerprint density at radius 1 is 1.05 bits per heavy atom. The van der Waals surface area contributed by atoms with E-state index in [9.17, 15) is 4.79 Å². The fourth-order valence-electron chi connectivity index (χ4n) is 1.67. The van der Waals surface area contributed by atoms with Gasteiger partial charge in [0.2, 0.25) is 0 Å². The number of rotatable bonds is 5. The summed E-state index contributed by atoms with van der Waals surface area (Å²) in [6, 6.07) is 17.8. The summed E-state index contributed by atoms with van der Waals surface area (Å²) >= 11 is 1.78. The molecule has 0 amide bonds. The first-order valence-electron chi connectivity index (χ1n) is 6.30. The van der Waals surface area contributed by atoms with Gasteiger partial charge in [-0.2, -0.15) is 0 Å². The molecule has 2 rings (SSSR count). The Hall–Kier alpha value is -1.94. The Labute approximate surface area is 122 Å². The second kappa shape index (κ2) is 7.60. The second-order valence-electron chi connectivity index (χ2n) is 4.11. The maximum absolute atomic E-state index is 10.9. The van der Waals surface area contributed by atoms with E-state index in [4.69, 9.17) is 4.74 Å². The average Bonchev–Trinajstić information content (AvgIpc) is 2.50. The van der Waals surface area contributed by atoms with Crippen LogP contribution in [0.3, 0.4) is 0 Å². The predicted molar refractivity (Wildman–Crippen MR) is 80.3 cm³/mol. The van der Waals surface area contributed by atoms with Gasteiger partial charge in [-0.15, -0.1) is 11.8 Å². The lowest BCUT2D eigenvalue weighted by Gasteiger charge is -2.05. The standard InChI is InChI=1S/C16H16O3S/c1-18-16(17)19-14-7-9-15(10-8-14)20-12-11-13-5-3-2-4-6-13/h2-10H,11-12H2,1H3. The lowest BCUT2D eigenvalue weighted by Crippen LogP contribution is -2.06. The highest BCUT2D eigenvalue weighted by atomic mass is 32.2. The molecule has 0 aliphatic heterocycles. The number of methoxy groups -OCH3 is 1. The van der Waals surface area contributed by atoms with Crippen LogP contribution in [-0.4, -0.2) is 19.0 Å². The predicted octanol–water partition coefficient (Wildman–Crippen LogP) is 4.17. The molecule has 3 nitrogen and oxygen atoms in total. The minimum atomic E-state index is -0.700. The van der Waals surface area contributed by atoms with Gasteiger partial charge in [0.1, 0.15) is 5.75 Å². The van der Waals surface area contributed by atoms with Crippen LogP contribution >= 0.6 is 11.8 Å². The quantitative estimate of drug-likeness (QED) is 0.470. The Kier molecular flexibility index (Phi) is 5.50. The zero-order chi connectivity index (χ0) is 14.2. The van der Waals surface area contributed by atoms with Crippen LogP contribution < -0.4 is 4.74 Å². The van der Waals surface area contributed by atoms with Gasteiger partial charge in [0.25, 0.3) is 0 Å². The molecule has 0 spiro atoms. The molecule has 2 aromatic carbocycles. The first-order valence-corrected chi connectivity index (χ1v) is 7.29. The van der Waals surface area contributed by atoms with Gasteiger partial charge >= 0.3 is 6.16 Å². The Bertz CT molecular complexity index is 537. The van der Waals surface area contributed by atoms with Crippen molar-refractivity contribution in [3.8, 4) is 5.75 Å². The van der Waals surface area contributed by atoms with Gasteiger partial charge in [-0.05, 0) is 36.2 Å². The molecule has 0 saturated carbocycles. The van der Waals surface area contributed by atoms with Crippen LogP contribution in [0.4, 0.5) is 4.79 Å². The first-order chi connectivity index (χ1) is 9.78. The summed E-state index contributed by atoms with van der Waals surface area (Å²) in [6.07, 6.45) is 0.334. The van der Waals surface area contributed by atoms with Gasteiger partial charge in [0, 0.05) is 10.6 Å². The van der Waals surface area contributed by atoms with Crippen LogP contribution in [0, 0.1) is 0 Å².